The van der Waals surface area contributed by atoms with Crippen molar-refractivity contribution in [3.05, 3.63) is 77.9 Å². The molecule has 2 aliphatic rings. The zero-order valence-corrected chi connectivity index (χ0v) is 27.3. The van der Waals surface area contributed by atoms with Gasteiger partial charge in [-0.2, -0.15) is 0 Å². The normalized spacial score (nSPS) is 22.7. The number of phenolic OH excluding ortho intramolecular Hbond substituents is 1. The number of rotatable bonds is 12. The highest BCUT2D eigenvalue weighted by atomic mass is 16.7. The molecule has 6 unspecified atom stereocenters. The van der Waals surface area contributed by atoms with Crippen molar-refractivity contribution in [2.24, 2.45) is 5.73 Å². The van der Waals surface area contributed by atoms with E-state index in [-0.39, 0.29) is 46.6 Å². The van der Waals surface area contributed by atoms with Crippen molar-refractivity contribution < 1.29 is 49.3 Å². The van der Waals surface area contributed by atoms with Gasteiger partial charge in [-0.3, -0.25) is 15.0 Å². The van der Waals surface area contributed by atoms with Crippen LogP contribution in [-0.4, -0.2) is 125 Å². The number of carbonyl (C=O) groups is 2. The van der Waals surface area contributed by atoms with E-state index in [4.69, 9.17) is 25.4 Å². The van der Waals surface area contributed by atoms with E-state index >= 15 is 0 Å². The summed E-state index contributed by atoms with van der Waals surface area (Å²) in [5.41, 5.74) is 7.06. The van der Waals surface area contributed by atoms with Crippen molar-refractivity contribution in [3.63, 3.8) is 0 Å². The van der Waals surface area contributed by atoms with Gasteiger partial charge in [0.25, 0.3) is 0 Å². The third kappa shape index (κ3) is 8.01. The fraction of sp³-hybridized carbons (Fsp3) is 0.382. The summed E-state index contributed by atoms with van der Waals surface area (Å²) >= 11 is 0. The minimum absolute atomic E-state index is 0.00507. The van der Waals surface area contributed by atoms with Gasteiger partial charge in [0, 0.05) is 37.3 Å². The number of para-hydroxylation sites is 3. The number of nitrogens with one attached hydrogen (secondary N) is 3. The van der Waals surface area contributed by atoms with E-state index in [0.29, 0.717) is 26.2 Å². The maximum Gasteiger partial charge on any atom is 0.247 e. The predicted octanol–water partition coefficient (Wildman–Crippen LogP) is -0.518. The predicted molar refractivity (Wildman–Crippen MR) is 181 cm³/mol. The number of methoxy groups -OCH3 is 1. The Hall–Kier alpha value is -5.13. The molecule has 6 atom stereocenters. The van der Waals surface area contributed by atoms with Gasteiger partial charge in [0.1, 0.15) is 53.5 Å². The zero-order chi connectivity index (χ0) is 35.9. The Morgan fingerprint density at radius 1 is 0.980 bits per heavy atom. The lowest BCUT2D eigenvalue weighted by Gasteiger charge is -2.40. The zero-order valence-electron chi connectivity index (χ0n) is 27.3. The van der Waals surface area contributed by atoms with Gasteiger partial charge >= 0.3 is 0 Å². The van der Waals surface area contributed by atoms with Crippen LogP contribution in [-0.2, 0) is 14.3 Å². The molecule has 50 heavy (non-hydrogen) atoms. The summed E-state index contributed by atoms with van der Waals surface area (Å²) in [5.74, 6) is -0.812. The Morgan fingerprint density at radius 3 is 2.34 bits per heavy atom. The number of anilines is 2. The lowest BCUT2D eigenvalue weighted by Crippen LogP contribution is -2.60. The number of piperazine rings is 1. The van der Waals surface area contributed by atoms with E-state index in [1.807, 2.05) is 24.3 Å². The number of amidine groups is 1. The third-order valence-corrected chi connectivity index (χ3v) is 8.66. The number of hydrogen-bond acceptors (Lipinski definition) is 13. The second-order valence-electron chi connectivity index (χ2n) is 11.8. The summed E-state index contributed by atoms with van der Waals surface area (Å²) < 4.78 is 16.9. The summed E-state index contributed by atoms with van der Waals surface area (Å²) in [6.45, 7) is 0.915. The topological polar surface area (TPSA) is 243 Å². The molecular weight excluding hydrogens is 652 g/mol. The largest absolute Gasteiger partial charge is 0.506 e. The molecule has 16 heteroatoms. The molecule has 5 rings (SSSR count). The fourth-order valence-corrected chi connectivity index (χ4v) is 5.84. The number of nitrogen functional groups attached to an aromatic ring is 1. The minimum Gasteiger partial charge on any atom is -0.506 e. The van der Waals surface area contributed by atoms with E-state index in [1.54, 1.807) is 24.1 Å². The molecule has 3 aromatic rings. The van der Waals surface area contributed by atoms with Crippen LogP contribution in [0.3, 0.4) is 0 Å². The number of aromatic hydroxyl groups is 1. The fourth-order valence-electron chi connectivity index (χ4n) is 5.84. The van der Waals surface area contributed by atoms with Crippen LogP contribution in [0.15, 0.2) is 66.7 Å². The van der Waals surface area contributed by atoms with E-state index in [1.165, 1.54) is 30.3 Å². The lowest BCUT2D eigenvalue weighted by molar-refractivity contribution is -0.277. The number of phenols is 1. The summed E-state index contributed by atoms with van der Waals surface area (Å²) in [6.07, 6.45) is -7.83. The van der Waals surface area contributed by atoms with Gasteiger partial charge in [-0.1, -0.05) is 30.3 Å². The Balaban J connectivity index is 1.35. The Bertz CT molecular complexity index is 1670. The lowest BCUT2D eigenvalue weighted by atomic mass is 9.99. The number of hydrogen-bond donors (Lipinski definition) is 9. The smallest absolute Gasteiger partial charge is 0.247 e. The monoisotopic (exact) mass is 694 g/mol. The Morgan fingerprint density at radius 2 is 1.66 bits per heavy atom. The highest BCUT2D eigenvalue weighted by molar-refractivity contribution is 5.97. The van der Waals surface area contributed by atoms with E-state index in [0.717, 1.165) is 11.4 Å². The number of aliphatic hydroxyl groups is 4. The second kappa shape index (κ2) is 16.1. The molecule has 16 nitrogen and oxygen atoms in total. The SMILES string of the molecule is COc1ccccc1N1CCN(C(=O)CNC(=O)C(Nc2cc(C(=N)N)ccc2O)c2ccccc2OC2OC(CO)C(O)C(O)C2O)CC1. The van der Waals surface area contributed by atoms with Crippen molar-refractivity contribution in [2.75, 3.05) is 56.7 Å². The molecular formula is C34H42N6O10. The maximum absolute atomic E-state index is 13.9. The first-order valence-corrected chi connectivity index (χ1v) is 16.0. The highest BCUT2D eigenvalue weighted by Gasteiger charge is 2.45. The molecule has 10 N–H and O–H groups in total. The molecule has 2 amide bonds. The molecule has 2 fully saturated rings. The van der Waals surface area contributed by atoms with Gasteiger partial charge in [-0.15, -0.1) is 0 Å². The van der Waals surface area contributed by atoms with Crippen LogP contribution in [0.25, 0.3) is 0 Å². The van der Waals surface area contributed by atoms with Gasteiger partial charge in [-0.25, -0.2) is 0 Å². The van der Waals surface area contributed by atoms with Gasteiger partial charge in [0.15, 0.2) is 0 Å². The van der Waals surface area contributed by atoms with Crippen LogP contribution in [0, 0.1) is 5.41 Å². The van der Waals surface area contributed by atoms with Crippen LogP contribution in [0.1, 0.15) is 17.2 Å². The molecule has 0 radical (unpaired) electrons. The molecule has 0 bridgehead atoms. The second-order valence-corrected chi connectivity index (χ2v) is 11.8. The molecule has 0 aromatic heterocycles. The summed E-state index contributed by atoms with van der Waals surface area (Å²) in [7, 11) is 1.60. The first-order chi connectivity index (χ1) is 24.0. The molecule has 0 aliphatic carbocycles. The number of amides is 2. The molecule has 2 aliphatic heterocycles. The average Bonchev–Trinajstić information content (AvgIpc) is 3.13. The van der Waals surface area contributed by atoms with Gasteiger partial charge < -0.3 is 65.9 Å². The van der Waals surface area contributed by atoms with E-state index in [2.05, 4.69) is 15.5 Å². The van der Waals surface area contributed by atoms with Crippen LogP contribution in [0.4, 0.5) is 11.4 Å². The quantitative estimate of drug-likeness (QED) is 0.0660. The van der Waals surface area contributed by atoms with Gasteiger partial charge in [0.2, 0.25) is 18.1 Å². The van der Waals surface area contributed by atoms with Gasteiger partial charge in [0.05, 0.1) is 31.6 Å². The summed E-state index contributed by atoms with van der Waals surface area (Å²) in [4.78, 5) is 31.0. The van der Waals surface area contributed by atoms with Crippen molar-refractivity contribution in [3.8, 4) is 17.2 Å². The molecule has 2 heterocycles. The minimum atomic E-state index is -1.72. The van der Waals surface area contributed by atoms with Crippen LogP contribution < -0.4 is 30.7 Å². The molecule has 2 saturated heterocycles. The number of carbonyl (C=O) groups excluding carboxylic acids is 2. The average molecular weight is 695 g/mol. The first-order valence-electron chi connectivity index (χ1n) is 16.0. The number of aliphatic hydroxyl groups excluding tert-OH is 4. The summed E-state index contributed by atoms with van der Waals surface area (Å²) in [6, 6.07) is 16.6. The van der Waals surface area contributed by atoms with Crippen molar-refractivity contribution >= 4 is 29.0 Å². The van der Waals surface area contributed by atoms with Crippen LogP contribution in [0.2, 0.25) is 0 Å². The van der Waals surface area contributed by atoms with Crippen molar-refractivity contribution in [1.29, 1.82) is 5.41 Å². The highest BCUT2D eigenvalue weighted by Crippen LogP contribution is 2.34. The number of benzene rings is 3. The van der Waals surface area contributed by atoms with Crippen molar-refractivity contribution in [1.82, 2.24) is 10.2 Å². The maximum atomic E-state index is 13.9. The molecule has 0 saturated carbocycles. The Kier molecular flexibility index (Phi) is 11.6. The van der Waals surface area contributed by atoms with Crippen LogP contribution in [0.5, 0.6) is 17.2 Å². The molecule has 268 valence electrons. The molecule has 3 aromatic carbocycles. The number of nitrogens with zero attached hydrogens (tertiary/aromatic N) is 2. The number of nitrogens with two attached hydrogens (primary N) is 1. The first kappa shape index (κ1) is 36.2. The third-order valence-electron chi connectivity index (χ3n) is 8.66. The van der Waals surface area contributed by atoms with Crippen molar-refractivity contribution in [2.45, 2.75) is 36.7 Å². The molecule has 0 spiro atoms. The Labute approximate surface area is 288 Å². The van der Waals surface area contributed by atoms with E-state index < -0.39 is 49.3 Å². The summed E-state index contributed by atoms with van der Waals surface area (Å²) in [5, 5.41) is 64.8. The number of ether oxygens (including phenoxy) is 3. The van der Waals surface area contributed by atoms with E-state index in [9.17, 15) is 35.1 Å². The van der Waals surface area contributed by atoms with Gasteiger partial charge in [-0.05, 0) is 36.4 Å². The standard InChI is InChI=1S/C34H42N6O10/c1-48-25-9-5-3-7-22(25)39-12-14-40(15-13-39)27(43)17-37-33(47)28(38-21-16-19(32(35)36)10-11-23(21)42)20-6-2-4-8-24(20)49-34-31(46)30(45)29(44)26(18-41)50-34/h2-11,16,26,28-31,34,38,41-42,44-46H,12-15,17-18H2,1H3,(H3,35,36)(H,37,47). The van der Waals surface area contributed by atoms with Crippen LogP contribution >= 0.6 is 0 Å².